The molecule has 0 aliphatic carbocycles. The molecule has 0 heterocycles. The molecule has 1 amide bonds. The van der Waals surface area contributed by atoms with E-state index in [1.54, 1.807) is 74.7 Å². The van der Waals surface area contributed by atoms with Gasteiger partial charge in [-0.25, -0.2) is 9.59 Å². The largest absolute Gasteiger partial charge is 0.478 e. The zero-order valence-electron chi connectivity index (χ0n) is 9.96. The third-order valence-electron chi connectivity index (χ3n) is 2.33. The molecule has 108 valence electrons. The van der Waals surface area contributed by atoms with Crippen LogP contribution in [0.2, 0.25) is 0 Å². The van der Waals surface area contributed by atoms with Crippen LogP contribution < -0.4 is 5.32 Å². The Kier molecular flexibility index (Phi) is 6.43. The van der Waals surface area contributed by atoms with E-state index in [4.69, 9.17) is 0 Å². The zero-order chi connectivity index (χ0) is 15.6. The second kappa shape index (κ2) is 7.20. The SMILES string of the molecule is CCC(=O)Nc1c(I)c(C(=O)O)c(I)c(C(=O)O)c1I. The monoisotopic (exact) mass is 615 g/mol. The normalized spacial score (nSPS) is 10.2. The number of nitrogens with one attached hydrogen (secondary N) is 1. The summed E-state index contributed by atoms with van der Waals surface area (Å²) in [5.41, 5.74) is -0.000830. The minimum absolute atomic E-state index is 0.115. The van der Waals surface area contributed by atoms with Crippen molar-refractivity contribution in [1.82, 2.24) is 0 Å². The molecule has 1 aromatic rings. The highest BCUT2D eigenvalue weighted by atomic mass is 127. The van der Waals surface area contributed by atoms with E-state index in [-0.39, 0.29) is 32.7 Å². The maximum atomic E-state index is 11.5. The fourth-order valence-electron chi connectivity index (χ4n) is 1.38. The van der Waals surface area contributed by atoms with Crippen molar-refractivity contribution in [1.29, 1.82) is 0 Å². The lowest BCUT2D eigenvalue weighted by atomic mass is 10.1. The first kappa shape index (κ1) is 17.9. The van der Waals surface area contributed by atoms with Crippen LogP contribution in [0, 0.1) is 10.7 Å². The summed E-state index contributed by atoms with van der Waals surface area (Å²) in [7, 11) is 0. The van der Waals surface area contributed by atoms with E-state index < -0.39 is 11.9 Å². The van der Waals surface area contributed by atoms with Crippen LogP contribution in [0.15, 0.2) is 0 Å². The topological polar surface area (TPSA) is 104 Å². The lowest BCUT2D eigenvalue weighted by Crippen LogP contribution is -2.18. The number of rotatable bonds is 4. The number of benzene rings is 1. The Morgan fingerprint density at radius 3 is 1.65 bits per heavy atom. The smallest absolute Gasteiger partial charge is 0.337 e. The molecule has 0 atom stereocenters. The number of hydrogen-bond donors (Lipinski definition) is 3. The molecular weight excluding hydrogens is 607 g/mol. The third kappa shape index (κ3) is 3.52. The number of carbonyl (C=O) groups excluding carboxylic acids is 1. The molecule has 0 aromatic heterocycles. The number of carbonyl (C=O) groups is 3. The van der Waals surface area contributed by atoms with Crippen molar-refractivity contribution in [2.75, 3.05) is 5.32 Å². The van der Waals surface area contributed by atoms with Crippen molar-refractivity contribution in [3.05, 3.63) is 21.8 Å². The summed E-state index contributed by atoms with van der Waals surface area (Å²) in [6.07, 6.45) is 0.211. The summed E-state index contributed by atoms with van der Waals surface area (Å²) < 4.78 is 0.775. The van der Waals surface area contributed by atoms with Crippen LogP contribution in [0.5, 0.6) is 0 Å². The highest BCUT2D eigenvalue weighted by Crippen LogP contribution is 2.35. The second-order valence-corrected chi connectivity index (χ2v) is 6.82. The molecule has 3 N–H and O–H groups in total. The second-order valence-electron chi connectivity index (χ2n) is 3.58. The molecule has 0 radical (unpaired) electrons. The van der Waals surface area contributed by atoms with E-state index in [1.807, 2.05) is 0 Å². The molecule has 0 aliphatic rings. The molecule has 0 bridgehead atoms. The van der Waals surface area contributed by atoms with Gasteiger partial charge in [0.05, 0.1) is 24.0 Å². The van der Waals surface area contributed by atoms with Crippen molar-refractivity contribution in [2.24, 2.45) is 0 Å². The fourth-order valence-corrected chi connectivity index (χ4v) is 5.74. The number of carboxylic acids is 2. The summed E-state index contributed by atoms with van der Waals surface area (Å²) in [5, 5.41) is 21.0. The van der Waals surface area contributed by atoms with Gasteiger partial charge >= 0.3 is 11.9 Å². The van der Waals surface area contributed by atoms with Crippen molar-refractivity contribution >= 4 is 91.3 Å². The summed E-state index contributed by atoms with van der Waals surface area (Å²) in [5.74, 6) is -2.77. The van der Waals surface area contributed by atoms with Gasteiger partial charge in [0.25, 0.3) is 0 Å². The average Bonchev–Trinajstić information content (AvgIpc) is 2.33. The highest BCUT2D eigenvalue weighted by Gasteiger charge is 2.27. The van der Waals surface area contributed by atoms with Gasteiger partial charge < -0.3 is 15.5 Å². The van der Waals surface area contributed by atoms with Crippen LogP contribution in [0.1, 0.15) is 34.1 Å². The summed E-state index contributed by atoms with van der Waals surface area (Å²) >= 11 is 5.30. The van der Waals surface area contributed by atoms with E-state index in [1.165, 1.54) is 0 Å². The van der Waals surface area contributed by atoms with Crippen molar-refractivity contribution in [3.63, 3.8) is 0 Å². The number of anilines is 1. The molecule has 6 nitrogen and oxygen atoms in total. The number of amides is 1. The summed E-state index contributed by atoms with van der Waals surface area (Å²) in [6, 6.07) is 0. The molecule has 0 unspecified atom stereocenters. The molecule has 1 rings (SSSR count). The molecule has 0 spiro atoms. The Hall–Kier alpha value is -0.180. The minimum Gasteiger partial charge on any atom is -0.478 e. The summed E-state index contributed by atoms with van der Waals surface area (Å²) in [6.45, 7) is 1.65. The number of carboxylic acid groups (broad SMARTS) is 2. The lowest BCUT2D eigenvalue weighted by Gasteiger charge is -2.16. The van der Waals surface area contributed by atoms with Crippen molar-refractivity contribution < 1.29 is 24.6 Å². The van der Waals surface area contributed by atoms with Crippen LogP contribution in [0.4, 0.5) is 5.69 Å². The Morgan fingerprint density at radius 2 is 1.35 bits per heavy atom. The first-order valence-electron chi connectivity index (χ1n) is 5.19. The van der Waals surface area contributed by atoms with E-state index >= 15 is 0 Å². The van der Waals surface area contributed by atoms with Gasteiger partial charge in [-0.3, -0.25) is 4.79 Å². The molecule has 9 heteroatoms. The van der Waals surface area contributed by atoms with E-state index in [0.717, 1.165) is 0 Å². The first-order valence-corrected chi connectivity index (χ1v) is 8.42. The van der Waals surface area contributed by atoms with E-state index in [2.05, 4.69) is 5.32 Å². The Balaban J connectivity index is 3.71. The van der Waals surface area contributed by atoms with Crippen molar-refractivity contribution in [3.8, 4) is 0 Å². The van der Waals surface area contributed by atoms with Gasteiger partial charge in [0.1, 0.15) is 0 Å². The number of halogens is 3. The number of aromatic carboxylic acids is 2. The molecule has 0 fully saturated rings. The van der Waals surface area contributed by atoms with Crippen molar-refractivity contribution in [2.45, 2.75) is 13.3 Å². The maximum absolute atomic E-state index is 11.5. The van der Waals surface area contributed by atoms with Crippen LogP contribution in [-0.2, 0) is 4.79 Å². The predicted octanol–water partition coefficient (Wildman–Crippen LogP) is 3.25. The lowest BCUT2D eigenvalue weighted by molar-refractivity contribution is -0.115. The van der Waals surface area contributed by atoms with Gasteiger partial charge in [0.2, 0.25) is 5.91 Å². The van der Waals surface area contributed by atoms with Gasteiger partial charge in [-0.05, 0) is 67.8 Å². The molecule has 0 aliphatic heterocycles. The number of hydrogen-bond acceptors (Lipinski definition) is 3. The third-order valence-corrected chi connectivity index (χ3v) is 5.57. The standard InChI is InChI=1S/C11H8I3NO5/c1-2-3(16)15-9-7(13)4(10(17)18)6(12)5(8(9)14)11(19)20/h2H2,1H3,(H,15,16)(H,17,18)(H,19,20). The average molecular weight is 615 g/mol. The van der Waals surface area contributed by atoms with Crippen LogP contribution in [-0.4, -0.2) is 28.1 Å². The molecule has 0 saturated carbocycles. The van der Waals surface area contributed by atoms with Gasteiger partial charge in [0, 0.05) is 9.99 Å². The first-order chi connectivity index (χ1) is 9.22. The van der Waals surface area contributed by atoms with Gasteiger partial charge in [0.15, 0.2) is 0 Å². The quantitative estimate of drug-likeness (QED) is 0.452. The van der Waals surface area contributed by atoms with Crippen LogP contribution >= 0.6 is 67.8 Å². The highest BCUT2D eigenvalue weighted by molar-refractivity contribution is 14.1. The van der Waals surface area contributed by atoms with Crippen LogP contribution in [0.3, 0.4) is 0 Å². The van der Waals surface area contributed by atoms with Gasteiger partial charge in [-0.15, -0.1) is 0 Å². The molecule has 0 saturated heterocycles. The zero-order valence-corrected chi connectivity index (χ0v) is 16.4. The van der Waals surface area contributed by atoms with E-state index in [9.17, 15) is 24.6 Å². The molecular formula is C11H8I3NO5. The molecule has 20 heavy (non-hydrogen) atoms. The van der Waals surface area contributed by atoms with Crippen LogP contribution in [0.25, 0.3) is 0 Å². The summed E-state index contributed by atoms with van der Waals surface area (Å²) in [4.78, 5) is 34.2. The Morgan fingerprint density at radius 1 is 0.950 bits per heavy atom. The maximum Gasteiger partial charge on any atom is 0.337 e. The van der Waals surface area contributed by atoms with E-state index in [0.29, 0.717) is 7.14 Å². The minimum atomic E-state index is -1.23. The van der Waals surface area contributed by atoms with Gasteiger partial charge in [-0.2, -0.15) is 0 Å². The Labute approximate surface area is 155 Å². The fraction of sp³-hybridized carbons (Fsp3) is 0.182. The molecule has 1 aromatic carbocycles. The van der Waals surface area contributed by atoms with Gasteiger partial charge in [-0.1, -0.05) is 6.92 Å². The Bertz CT molecular complexity index is 574. The predicted molar refractivity (Wildman–Crippen MR) is 97.4 cm³/mol.